The van der Waals surface area contributed by atoms with Gasteiger partial charge in [-0.25, -0.2) is 0 Å². The molecule has 0 bridgehead atoms. The van der Waals surface area contributed by atoms with Crippen LogP contribution in [0.3, 0.4) is 0 Å². The van der Waals surface area contributed by atoms with Gasteiger partial charge in [-0.15, -0.1) is 0 Å². The van der Waals surface area contributed by atoms with Gasteiger partial charge in [-0.05, 0) is 31.4 Å². The molecule has 1 N–H and O–H groups in total. The van der Waals surface area contributed by atoms with Gasteiger partial charge >= 0.3 is 0 Å². The molecule has 3 rings (SSSR count). The van der Waals surface area contributed by atoms with E-state index in [0.29, 0.717) is 24.5 Å². The molecule has 1 amide bonds. The summed E-state index contributed by atoms with van der Waals surface area (Å²) in [5, 5.41) is 3.00. The number of carbonyl (C=O) groups is 1. The molecular weight excluding hydrogens is 314 g/mol. The molecule has 1 aliphatic heterocycles. The molecule has 0 saturated carbocycles. The largest absolute Gasteiger partial charge is 0.492 e. The first-order valence-corrected chi connectivity index (χ1v) is 8.88. The van der Waals surface area contributed by atoms with Crippen molar-refractivity contribution in [2.45, 2.75) is 45.6 Å². The highest BCUT2D eigenvalue weighted by molar-refractivity contribution is 5.93. The van der Waals surface area contributed by atoms with Crippen molar-refractivity contribution in [3.8, 4) is 11.5 Å². The fourth-order valence-corrected chi connectivity index (χ4v) is 3.19. The van der Waals surface area contributed by atoms with E-state index in [1.54, 1.807) is 0 Å². The zero-order valence-electron chi connectivity index (χ0n) is 15.0. The maximum Gasteiger partial charge on any atom is 0.225 e. The maximum absolute atomic E-state index is 12.5. The summed E-state index contributed by atoms with van der Waals surface area (Å²) in [5.74, 6) is 1.67. The highest BCUT2D eigenvalue weighted by Gasteiger charge is 2.23. The predicted molar refractivity (Wildman–Crippen MR) is 99.5 cm³/mol. The lowest BCUT2D eigenvalue weighted by molar-refractivity contribution is -0.116. The van der Waals surface area contributed by atoms with Crippen molar-refractivity contribution < 1.29 is 14.3 Å². The van der Waals surface area contributed by atoms with Gasteiger partial charge in [0.1, 0.15) is 17.6 Å². The maximum atomic E-state index is 12.5. The van der Waals surface area contributed by atoms with E-state index >= 15 is 0 Å². The second-order valence-electron chi connectivity index (χ2n) is 6.59. The summed E-state index contributed by atoms with van der Waals surface area (Å²) >= 11 is 0. The molecule has 132 valence electrons. The molecular formula is C21H25NO3. The molecule has 4 nitrogen and oxygen atoms in total. The molecule has 4 heteroatoms. The SMILES string of the molecule is CCOc1cc2c(cc1NC(=O)C[C@@H](C)c1ccccc1)O[C@H](C)C2. The quantitative estimate of drug-likeness (QED) is 0.840. The fourth-order valence-electron chi connectivity index (χ4n) is 3.19. The van der Waals surface area contributed by atoms with Gasteiger partial charge in [0.25, 0.3) is 0 Å². The van der Waals surface area contributed by atoms with E-state index in [0.717, 1.165) is 23.3 Å². The molecule has 2 aromatic carbocycles. The predicted octanol–water partition coefficient (Wildman–Crippen LogP) is 4.54. The summed E-state index contributed by atoms with van der Waals surface area (Å²) in [6.07, 6.45) is 1.45. The minimum atomic E-state index is -0.0247. The van der Waals surface area contributed by atoms with Crippen molar-refractivity contribution in [2.24, 2.45) is 0 Å². The van der Waals surface area contributed by atoms with E-state index in [4.69, 9.17) is 9.47 Å². The summed E-state index contributed by atoms with van der Waals surface area (Å²) in [4.78, 5) is 12.5. The van der Waals surface area contributed by atoms with Crippen molar-refractivity contribution in [3.63, 3.8) is 0 Å². The van der Waals surface area contributed by atoms with Gasteiger partial charge in [-0.1, -0.05) is 37.3 Å². The molecule has 2 aromatic rings. The van der Waals surface area contributed by atoms with Gasteiger partial charge in [0, 0.05) is 24.5 Å². The summed E-state index contributed by atoms with van der Waals surface area (Å²) in [6.45, 7) is 6.60. The molecule has 1 heterocycles. The molecule has 0 aromatic heterocycles. The minimum absolute atomic E-state index is 0.0247. The van der Waals surface area contributed by atoms with Crippen LogP contribution in [-0.4, -0.2) is 18.6 Å². The first-order valence-electron chi connectivity index (χ1n) is 8.88. The third-order valence-electron chi connectivity index (χ3n) is 4.43. The number of fused-ring (bicyclic) bond motifs is 1. The van der Waals surface area contributed by atoms with Gasteiger partial charge in [-0.2, -0.15) is 0 Å². The molecule has 0 fully saturated rings. The number of amides is 1. The Morgan fingerprint density at radius 3 is 2.80 bits per heavy atom. The number of ether oxygens (including phenoxy) is 2. The van der Waals surface area contributed by atoms with Crippen molar-refractivity contribution >= 4 is 11.6 Å². The van der Waals surface area contributed by atoms with Crippen LogP contribution in [0.2, 0.25) is 0 Å². The Morgan fingerprint density at radius 1 is 1.32 bits per heavy atom. The lowest BCUT2D eigenvalue weighted by atomic mass is 9.97. The average Bonchev–Trinajstić information content (AvgIpc) is 2.95. The molecule has 0 aliphatic carbocycles. The Morgan fingerprint density at radius 2 is 2.08 bits per heavy atom. The van der Waals surface area contributed by atoms with Crippen LogP contribution in [0.1, 0.15) is 44.2 Å². The molecule has 0 radical (unpaired) electrons. The Bertz CT molecular complexity index is 742. The van der Waals surface area contributed by atoms with Crippen molar-refractivity contribution in [3.05, 3.63) is 53.6 Å². The lowest BCUT2D eigenvalue weighted by Crippen LogP contribution is -2.15. The summed E-state index contributed by atoms with van der Waals surface area (Å²) in [7, 11) is 0. The van der Waals surface area contributed by atoms with E-state index in [9.17, 15) is 4.79 Å². The van der Waals surface area contributed by atoms with E-state index in [2.05, 4.69) is 12.2 Å². The van der Waals surface area contributed by atoms with Crippen LogP contribution in [0.15, 0.2) is 42.5 Å². The zero-order chi connectivity index (χ0) is 17.8. The average molecular weight is 339 g/mol. The second kappa shape index (κ2) is 7.60. The van der Waals surface area contributed by atoms with Crippen molar-refractivity contribution in [1.82, 2.24) is 0 Å². The number of nitrogens with one attached hydrogen (secondary N) is 1. The normalized spacial score (nSPS) is 16.7. The van der Waals surface area contributed by atoms with Crippen molar-refractivity contribution in [2.75, 3.05) is 11.9 Å². The second-order valence-corrected chi connectivity index (χ2v) is 6.59. The number of carbonyl (C=O) groups excluding carboxylic acids is 1. The lowest BCUT2D eigenvalue weighted by Gasteiger charge is -2.15. The van der Waals surface area contributed by atoms with Crippen LogP contribution in [0.5, 0.6) is 11.5 Å². The number of anilines is 1. The standard InChI is InChI=1S/C21H25NO3/c1-4-24-20-12-17-11-15(3)25-19(17)13-18(20)22-21(23)10-14(2)16-8-6-5-7-9-16/h5-9,12-15H,4,10-11H2,1-3H3,(H,22,23)/t14-,15-/m1/s1. The van der Waals surface area contributed by atoms with Crippen molar-refractivity contribution in [1.29, 1.82) is 0 Å². The summed E-state index contributed by atoms with van der Waals surface area (Å²) in [5.41, 5.74) is 2.97. The van der Waals surface area contributed by atoms with Gasteiger partial charge < -0.3 is 14.8 Å². The monoisotopic (exact) mass is 339 g/mol. The molecule has 25 heavy (non-hydrogen) atoms. The van der Waals surface area contributed by atoms with Crippen LogP contribution in [0.25, 0.3) is 0 Å². The topological polar surface area (TPSA) is 47.6 Å². The van der Waals surface area contributed by atoms with Crippen LogP contribution in [0, 0.1) is 0 Å². The Labute approximate surface area is 149 Å². The minimum Gasteiger partial charge on any atom is -0.492 e. The van der Waals surface area contributed by atoms with Gasteiger partial charge in [0.15, 0.2) is 0 Å². The molecule has 1 aliphatic rings. The van der Waals surface area contributed by atoms with E-state index in [1.165, 1.54) is 0 Å². The Hall–Kier alpha value is -2.49. The highest BCUT2D eigenvalue weighted by atomic mass is 16.5. The number of rotatable bonds is 6. The Balaban J connectivity index is 1.73. The number of hydrogen-bond donors (Lipinski definition) is 1. The summed E-state index contributed by atoms with van der Waals surface area (Å²) < 4.78 is 11.5. The van der Waals surface area contributed by atoms with Crippen LogP contribution >= 0.6 is 0 Å². The van der Waals surface area contributed by atoms with Crippen LogP contribution in [-0.2, 0) is 11.2 Å². The first kappa shape index (κ1) is 17.3. The number of benzene rings is 2. The van der Waals surface area contributed by atoms with E-state index < -0.39 is 0 Å². The Kier molecular flexibility index (Phi) is 5.27. The van der Waals surface area contributed by atoms with Crippen LogP contribution in [0.4, 0.5) is 5.69 Å². The third-order valence-corrected chi connectivity index (χ3v) is 4.43. The fraction of sp³-hybridized carbons (Fsp3) is 0.381. The third kappa shape index (κ3) is 4.13. The first-order chi connectivity index (χ1) is 12.1. The van der Waals surface area contributed by atoms with Gasteiger partial charge in [-0.3, -0.25) is 4.79 Å². The zero-order valence-corrected chi connectivity index (χ0v) is 15.0. The molecule has 0 unspecified atom stereocenters. The smallest absolute Gasteiger partial charge is 0.225 e. The molecule has 2 atom stereocenters. The highest BCUT2D eigenvalue weighted by Crippen LogP contribution is 2.38. The molecule has 0 saturated heterocycles. The number of hydrogen-bond acceptors (Lipinski definition) is 3. The van der Waals surface area contributed by atoms with Crippen LogP contribution < -0.4 is 14.8 Å². The summed E-state index contributed by atoms with van der Waals surface area (Å²) in [6, 6.07) is 13.9. The van der Waals surface area contributed by atoms with Gasteiger partial charge in [0.05, 0.1) is 12.3 Å². The van der Waals surface area contributed by atoms with E-state index in [1.807, 2.05) is 56.3 Å². The molecule has 0 spiro atoms. The van der Waals surface area contributed by atoms with E-state index in [-0.39, 0.29) is 17.9 Å². The van der Waals surface area contributed by atoms with Gasteiger partial charge in [0.2, 0.25) is 5.91 Å².